The average molecular weight is 476 g/mol. The molecule has 0 aliphatic heterocycles. The smallest absolute Gasteiger partial charge is 0.329 e. The Morgan fingerprint density at radius 2 is 1.50 bits per heavy atom. The van der Waals surface area contributed by atoms with Crippen LogP contribution in [0.1, 0.15) is 36.2 Å². The predicted octanol–water partition coefficient (Wildman–Crippen LogP) is 3.65. The maximum atomic E-state index is 13.1. The quantitative estimate of drug-likeness (QED) is 0.278. The van der Waals surface area contributed by atoms with E-state index in [-0.39, 0.29) is 41.8 Å². The number of rotatable bonds is 11. The lowest BCUT2D eigenvalue weighted by atomic mass is 10.0. The molecular weight excluding hydrogens is 445 g/mol. The summed E-state index contributed by atoms with van der Waals surface area (Å²) in [5.41, 5.74) is 0.620. The topological polar surface area (TPSA) is 91.4 Å². The fourth-order valence-electron chi connectivity index (χ4n) is 3.33. The van der Waals surface area contributed by atoms with E-state index in [0.29, 0.717) is 5.56 Å². The van der Waals surface area contributed by atoms with Gasteiger partial charge >= 0.3 is 5.97 Å². The Hall–Kier alpha value is -3.62. The molecule has 1 atom stereocenters. The molecule has 0 aliphatic rings. The van der Waals surface area contributed by atoms with Crippen molar-refractivity contribution in [2.45, 2.75) is 32.9 Å². The zero-order chi connectivity index (χ0) is 25.4. The molecule has 0 saturated heterocycles. The minimum absolute atomic E-state index is 0.0225. The van der Waals surface area contributed by atoms with Crippen molar-refractivity contribution in [3.8, 4) is 17.2 Å². The summed E-state index contributed by atoms with van der Waals surface area (Å²) in [5.74, 6) is -2.04. The molecule has 2 aromatic carbocycles. The number of halogens is 1. The van der Waals surface area contributed by atoms with Gasteiger partial charge in [0, 0.05) is 12.6 Å². The molecule has 2 rings (SSSR count). The van der Waals surface area contributed by atoms with Gasteiger partial charge in [-0.15, -0.1) is 0 Å². The van der Waals surface area contributed by atoms with Crippen LogP contribution >= 0.6 is 0 Å². The number of amides is 1. The van der Waals surface area contributed by atoms with Crippen LogP contribution in [0.5, 0.6) is 17.2 Å². The van der Waals surface area contributed by atoms with Gasteiger partial charge in [-0.2, -0.15) is 0 Å². The third-order valence-electron chi connectivity index (χ3n) is 5.17. The number of methoxy groups -OCH3 is 3. The van der Waals surface area contributed by atoms with Gasteiger partial charge in [0.25, 0.3) is 11.7 Å². The van der Waals surface area contributed by atoms with Crippen LogP contribution in [-0.4, -0.2) is 57.0 Å². The summed E-state index contributed by atoms with van der Waals surface area (Å²) in [7, 11) is 5.60. The van der Waals surface area contributed by atoms with E-state index in [1.165, 1.54) is 64.8 Å². The number of Topliss-reactive ketones (excluding diaryl/α,β-unsaturated/α-hetero) is 1. The minimum atomic E-state index is -0.987. The first kappa shape index (κ1) is 26.6. The molecule has 0 aliphatic carbocycles. The lowest BCUT2D eigenvalue weighted by Crippen LogP contribution is -2.46. The zero-order valence-electron chi connectivity index (χ0n) is 20.2. The molecule has 2 aromatic rings. The van der Waals surface area contributed by atoms with Crippen LogP contribution in [0.25, 0.3) is 0 Å². The molecule has 0 heterocycles. The van der Waals surface area contributed by atoms with Gasteiger partial charge in [-0.05, 0) is 42.2 Å². The van der Waals surface area contributed by atoms with Gasteiger partial charge in [0.15, 0.2) is 11.5 Å². The van der Waals surface area contributed by atoms with Crippen LogP contribution in [-0.2, 0) is 20.9 Å². The van der Waals surface area contributed by atoms with Gasteiger partial charge in [-0.1, -0.05) is 26.0 Å². The molecule has 1 amide bonds. The summed E-state index contributed by atoms with van der Waals surface area (Å²) in [5, 5.41) is 0. The van der Waals surface area contributed by atoms with E-state index in [1.54, 1.807) is 0 Å². The molecule has 0 unspecified atom stereocenters. The van der Waals surface area contributed by atoms with Gasteiger partial charge in [-0.3, -0.25) is 9.59 Å². The Morgan fingerprint density at radius 3 is 1.97 bits per heavy atom. The van der Waals surface area contributed by atoms with Crippen molar-refractivity contribution >= 4 is 17.7 Å². The number of esters is 1. The monoisotopic (exact) mass is 475 g/mol. The highest BCUT2D eigenvalue weighted by atomic mass is 19.1. The standard InChI is InChI=1S/C25H30FNO7/c1-15(2)11-19(25(30)34-14-16-7-9-18(26)10-8-16)27(3)24(29)22(28)17-12-20(31-4)23(33-6)21(13-17)32-5/h7-10,12-13,15,19H,11,14H2,1-6H3/t19-/m0/s1. The summed E-state index contributed by atoms with van der Waals surface area (Å²) >= 11 is 0. The maximum Gasteiger partial charge on any atom is 0.329 e. The highest BCUT2D eigenvalue weighted by molar-refractivity contribution is 6.43. The van der Waals surface area contributed by atoms with E-state index >= 15 is 0 Å². The second kappa shape index (κ2) is 12.0. The van der Waals surface area contributed by atoms with Gasteiger partial charge in [0.2, 0.25) is 5.75 Å². The Balaban J connectivity index is 2.24. The first-order valence-electron chi connectivity index (χ1n) is 10.6. The number of hydrogen-bond acceptors (Lipinski definition) is 7. The molecule has 184 valence electrons. The van der Waals surface area contributed by atoms with E-state index in [4.69, 9.17) is 18.9 Å². The van der Waals surface area contributed by atoms with E-state index in [1.807, 2.05) is 13.8 Å². The molecule has 0 bridgehead atoms. The van der Waals surface area contributed by atoms with Crippen LogP contribution < -0.4 is 14.2 Å². The number of carbonyl (C=O) groups excluding carboxylic acids is 3. The van der Waals surface area contributed by atoms with Gasteiger partial charge in [0.1, 0.15) is 18.5 Å². The summed E-state index contributed by atoms with van der Waals surface area (Å²) in [4.78, 5) is 40.0. The molecule has 0 fully saturated rings. The van der Waals surface area contributed by atoms with Crippen molar-refractivity contribution in [2.24, 2.45) is 5.92 Å². The fraction of sp³-hybridized carbons (Fsp3) is 0.400. The zero-order valence-corrected chi connectivity index (χ0v) is 20.2. The van der Waals surface area contributed by atoms with Crippen LogP contribution in [0, 0.1) is 11.7 Å². The second-order valence-electron chi connectivity index (χ2n) is 8.04. The largest absolute Gasteiger partial charge is 0.493 e. The lowest BCUT2D eigenvalue weighted by molar-refractivity contribution is -0.154. The molecular formula is C25H30FNO7. The SMILES string of the molecule is COc1cc(C(=O)C(=O)N(C)[C@@H](CC(C)C)C(=O)OCc2ccc(F)cc2)cc(OC)c1OC. The highest BCUT2D eigenvalue weighted by Crippen LogP contribution is 2.38. The predicted molar refractivity (Wildman–Crippen MR) is 123 cm³/mol. The van der Waals surface area contributed by atoms with Crippen LogP contribution in [0.3, 0.4) is 0 Å². The molecule has 34 heavy (non-hydrogen) atoms. The van der Waals surface area contributed by atoms with Gasteiger partial charge in [0.05, 0.1) is 21.3 Å². The van der Waals surface area contributed by atoms with E-state index in [2.05, 4.69) is 0 Å². The Bertz CT molecular complexity index is 995. The van der Waals surface area contributed by atoms with Crippen molar-refractivity contribution in [2.75, 3.05) is 28.4 Å². The van der Waals surface area contributed by atoms with Crippen LogP contribution in [0.2, 0.25) is 0 Å². The normalized spacial score (nSPS) is 11.5. The van der Waals surface area contributed by atoms with Crippen molar-refractivity contribution in [3.05, 3.63) is 53.3 Å². The first-order valence-corrected chi connectivity index (χ1v) is 10.6. The summed E-state index contributed by atoms with van der Waals surface area (Å²) in [6, 6.07) is 7.30. The minimum Gasteiger partial charge on any atom is -0.493 e. The molecule has 9 heteroatoms. The summed E-state index contributed by atoms with van der Waals surface area (Å²) in [6.45, 7) is 3.69. The summed E-state index contributed by atoms with van der Waals surface area (Å²) in [6.07, 6.45) is 0.285. The number of likely N-dealkylation sites (N-methyl/N-ethyl adjacent to an activating group) is 1. The lowest BCUT2D eigenvalue weighted by Gasteiger charge is -2.27. The molecule has 0 radical (unpaired) electrons. The number of nitrogens with zero attached hydrogens (tertiary/aromatic N) is 1. The first-order chi connectivity index (χ1) is 16.1. The van der Waals surface area contributed by atoms with Gasteiger partial charge < -0.3 is 23.8 Å². The second-order valence-corrected chi connectivity index (χ2v) is 8.04. The Labute approximate surface area is 198 Å². The van der Waals surface area contributed by atoms with Crippen LogP contribution in [0.4, 0.5) is 4.39 Å². The van der Waals surface area contributed by atoms with Gasteiger partial charge in [-0.25, -0.2) is 9.18 Å². The van der Waals surface area contributed by atoms with E-state index in [9.17, 15) is 18.8 Å². The fourth-order valence-corrected chi connectivity index (χ4v) is 3.33. The number of benzene rings is 2. The molecule has 8 nitrogen and oxygen atoms in total. The van der Waals surface area contributed by atoms with E-state index in [0.717, 1.165) is 4.90 Å². The number of ketones is 1. The Kier molecular flexibility index (Phi) is 9.41. The highest BCUT2D eigenvalue weighted by Gasteiger charge is 2.33. The molecule has 0 spiro atoms. The number of hydrogen-bond donors (Lipinski definition) is 0. The molecule has 0 aromatic heterocycles. The van der Waals surface area contributed by atoms with Crippen molar-refractivity contribution in [3.63, 3.8) is 0 Å². The third kappa shape index (κ3) is 6.46. The average Bonchev–Trinajstić information content (AvgIpc) is 2.84. The van der Waals surface area contributed by atoms with Crippen molar-refractivity contribution < 1.29 is 37.7 Å². The summed E-state index contributed by atoms with van der Waals surface area (Å²) < 4.78 is 34.2. The third-order valence-corrected chi connectivity index (χ3v) is 5.17. The molecule has 0 N–H and O–H groups in total. The Morgan fingerprint density at radius 1 is 0.941 bits per heavy atom. The van der Waals surface area contributed by atoms with E-state index < -0.39 is 29.5 Å². The van der Waals surface area contributed by atoms with Crippen LogP contribution in [0.15, 0.2) is 36.4 Å². The number of carbonyl (C=O) groups is 3. The molecule has 0 saturated carbocycles. The number of ether oxygens (including phenoxy) is 4. The van der Waals surface area contributed by atoms with Crippen molar-refractivity contribution in [1.82, 2.24) is 4.90 Å². The maximum absolute atomic E-state index is 13.1. The van der Waals surface area contributed by atoms with Crippen molar-refractivity contribution in [1.29, 1.82) is 0 Å².